The maximum Gasteiger partial charge on any atom is 0.0891 e. The van der Waals surface area contributed by atoms with Gasteiger partial charge in [0.25, 0.3) is 0 Å². The Kier molecular flexibility index (Phi) is 2.69. The van der Waals surface area contributed by atoms with Crippen molar-refractivity contribution in [2.45, 2.75) is 13.8 Å². The predicted octanol–water partition coefficient (Wildman–Crippen LogP) is 1.94. The molecule has 0 fully saturated rings. The van der Waals surface area contributed by atoms with Crippen molar-refractivity contribution >= 4 is 11.2 Å². The number of fused-ring (bicyclic) bond motifs is 1. The number of hydrogen-bond donors (Lipinski definition) is 1. The molecular formula is C9H13N3. The Balaban J connectivity index is 0.000000336. The van der Waals surface area contributed by atoms with Crippen LogP contribution in [0, 0.1) is 0 Å². The second kappa shape index (κ2) is 3.76. The molecule has 3 heteroatoms. The molecule has 0 unspecified atom stereocenters. The minimum atomic E-state index is 0.723. The SMILES string of the molecule is CC.Nc1cnn2ccccc12. The molecule has 0 bridgehead atoms. The quantitative estimate of drug-likeness (QED) is 0.645. The van der Waals surface area contributed by atoms with Crippen LogP contribution in [0.2, 0.25) is 0 Å². The van der Waals surface area contributed by atoms with Crippen molar-refractivity contribution < 1.29 is 0 Å². The molecule has 2 aromatic heterocycles. The number of pyridine rings is 1. The van der Waals surface area contributed by atoms with Gasteiger partial charge in [-0.1, -0.05) is 19.9 Å². The molecule has 0 aliphatic carbocycles. The van der Waals surface area contributed by atoms with Gasteiger partial charge in [-0.05, 0) is 12.1 Å². The Morgan fingerprint density at radius 3 is 2.75 bits per heavy atom. The van der Waals surface area contributed by atoms with E-state index in [0.29, 0.717) is 0 Å². The molecule has 0 saturated carbocycles. The van der Waals surface area contributed by atoms with Crippen LogP contribution in [0.25, 0.3) is 5.52 Å². The first kappa shape index (κ1) is 8.59. The smallest absolute Gasteiger partial charge is 0.0891 e. The number of nitrogen functional groups attached to an aromatic ring is 1. The maximum atomic E-state index is 5.59. The average Bonchev–Trinajstić information content (AvgIpc) is 2.53. The lowest BCUT2D eigenvalue weighted by molar-refractivity contribution is 0.961. The van der Waals surface area contributed by atoms with Gasteiger partial charge in [-0.3, -0.25) is 0 Å². The Bertz CT molecular complexity index is 351. The van der Waals surface area contributed by atoms with Crippen molar-refractivity contribution in [2.24, 2.45) is 0 Å². The molecule has 0 atom stereocenters. The molecule has 0 spiro atoms. The predicted molar refractivity (Wildman–Crippen MR) is 51.0 cm³/mol. The lowest BCUT2D eigenvalue weighted by Gasteiger charge is -1.89. The fourth-order valence-electron chi connectivity index (χ4n) is 0.954. The highest BCUT2D eigenvalue weighted by Gasteiger charge is 1.94. The first-order valence-electron chi connectivity index (χ1n) is 4.06. The Labute approximate surface area is 71.8 Å². The number of hydrogen-bond acceptors (Lipinski definition) is 2. The van der Waals surface area contributed by atoms with Crippen LogP contribution in [-0.4, -0.2) is 9.61 Å². The highest BCUT2D eigenvalue weighted by Crippen LogP contribution is 2.09. The van der Waals surface area contributed by atoms with Gasteiger partial charge in [0.15, 0.2) is 0 Å². The van der Waals surface area contributed by atoms with Crippen LogP contribution in [0.4, 0.5) is 5.69 Å². The van der Waals surface area contributed by atoms with Gasteiger partial charge < -0.3 is 5.73 Å². The highest BCUT2D eigenvalue weighted by molar-refractivity contribution is 5.67. The Hall–Kier alpha value is -1.51. The summed E-state index contributed by atoms with van der Waals surface area (Å²) in [6.45, 7) is 4.00. The normalized spacial score (nSPS) is 9.17. The monoisotopic (exact) mass is 163 g/mol. The maximum absolute atomic E-state index is 5.59. The third-order valence-electron chi connectivity index (χ3n) is 1.46. The van der Waals surface area contributed by atoms with E-state index in [0.717, 1.165) is 11.2 Å². The third kappa shape index (κ3) is 1.39. The van der Waals surface area contributed by atoms with E-state index in [2.05, 4.69) is 5.10 Å². The van der Waals surface area contributed by atoms with E-state index < -0.39 is 0 Å². The summed E-state index contributed by atoms with van der Waals surface area (Å²) in [4.78, 5) is 0. The second-order valence-corrected chi connectivity index (χ2v) is 2.13. The molecule has 2 N–H and O–H groups in total. The number of anilines is 1. The van der Waals surface area contributed by atoms with E-state index in [1.807, 2.05) is 38.2 Å². The standard InChI is InChI=1S/C7H7N3.C2H6/c8-6-5-9-10-4-2-1-3-7(6)10;1-2/h1-5H,8H2;1-2H3. The van der Waals surface area contributed by atoms with E-state index >= 15 is 0 Å². The highest BCUT2D eigenvalue weighted by atomic mass is 15.2. The van der Waals surface area contributed by atoms with Crippen LogP contribution in [0.3, 0.4) is 0 Å². The van der Waals surface area contributed by atoms with Crippen molar-refractivity contribution in [1.82, 2.24) is 9.61 Å². The summed E-state index contributed by atoms with van der Waals surface area (Å²) in [5.41, 5.74) is 7.28. The van der Waals surface area contributed by atoms with Crippen molar-refractivity contribution in [3.8, 4) is 0 Å². The van der Waals surface area contributed by atoms with Crippen molar-refractivity contribution in [2.75, 3.05) is 5.73 Å². The summed E-state index contributed by atoms with van der Waals surface area (Å²) in [6, 6.07) is 5.79. The fourth-order valence-corrected chi connectivity index (χ4v) is 0.954. The number of nitrogens with two attached hydrogens (primary N) is 1. The summed E-state index contributed by atoms with van der Waals surface area (Å²) >= 11 is 0. The van der Waals surface area contributed by atoms with Gasteiger partial charge in [-0.2, -0.15) is 5.10 Å². The molecule has 2 rings (SSSR count). The van der Waals surface area contributed by atoms with E-state index in [1.54, 1.807) is 10.7 Å². The van der Waals surface area contributed by atoms with Crippen molar-refractivity contribution in [3.63, 3.8) is 0 Å². The number of nitrogens with zero attached hydrogens (tertiary/aromatic N) is 2. The largest absolute Gasteiger partial charge is 0.396 e. The first-order chi connectivity index (χ1) is 5.88. The minimum absolute atomic E-state index is 0.723. The van der Waals surface area contributed by atoms with E-state index in [9.17, 15) is 0 Å². The van der Waals surface area contributed by atoms with Gasteiger partial charge in [-0.15, -0.1) is 0 Å². The molecule has 0 aromatic carbocycles. The van der Waals surface area contributed by atoms with Crippen LogP contribution in [0.1, 0.15) is 13.8 Å². The van der Waals surface area contributed by atoms with Gasteiger partial charge in [0, 0.05) is 6.20 Å². The first-order valence-corrected chi connectivity index (χ1v) is 4.06. The molecule has 2 heterocycles. The van der Waals surface area contributed by atoms with Crippen molar-refractivity contribution in [3.05, 3.63) is 30.6 Å². The second-order valence-electron chi connectivity index (χ2n) is 2.13. The van der Waals surface area contributed by atoms with Gasteiger partial charge >= 0.3 is 0 Å². The van der Waals surface area contributed by atoms with Crippen LogP contribution < -0.4 is 5.73 Å². The Morgan fingerprint density at radius 1 is 1.33 bits per heavy atom. The van der Waals surface area contributed by atoms with Gasteiger partial charge in [0.2, 0.25) is 0 Å². The molecule has 0 aliphatic heterocycles. The summed E-state index contributed by atoms with van der Waals surface area (Å²) in [5, 5.41) is 4.01. The van der Waals surface area contributed by atoms with E-state index in [4.69, 9.17) is 5.73 Å². The Morgan fingerprint density at radius 2 is 2.08 bits per heavy atom. The molecule has 12 heavy (non-hydrogen) atoms. The number of rotatable bonds is 0. The number of aromatic nitrogens is 2. The van der Waals surface area contributed by atoms with Gasteiger partial charge in [0.05, 0.1) is 17.4 Å². The van der Waals surface area contributed by atoms with Crippen LogP contribution in [-0.2, 0) is 0 Å². The topological polar surface area (TPSA) is 43.3 Å². The van der Waals surface area contributed by atoms with Gasteiger partial charge in [-0.25, -0.2) is 4.52 Å². The zero-order chi connectivity index (χ0) is 8.97. The molecule has 0 aliphatic rings. The van der Waals surface area contributed by atoms with Crippen LogP contribution in [0.5, 0.6) is 0 Å². The van der Waals surface area contributed by atoms with Crippen LogP contribution in [0.15, 0.2) is 30.6 Å². The summed E-state index contributed by atoms with van der Waals surface area (Å²) in [5.74, 6) is 0. The summed E-state index contributed by atoms with van der Waals surface area (Å²) in [7, 11) is 0. The van der Waals surface area contributed by atoms with E-state index in [1.165, 1.54) is 0 Å². The van der Waals surface area contributed by atoms with Crippen molar-refractivity contribution in [1.29, 1.82) is 0 Å². The van der Waals surface area contributed by atoms with Gasteiger partial charge in [0.1, 0.15) is 0 Å². The lowest BCUT2D eigenvalue weighted by atomic mass is 10.4. The molecule has 2 aromatic rings. The molecule has 0 amide bonds. The minimum Gasteiger partial charge on any atom is -0.396 e. The average molecular weight is 163 g/mol. The van der Waals surface area contributed by atoms with Crippen LogP contribution >= 0.6 is 0 Å². The third-order valence-corrected chi connectivity index (χ3v) is 1.46. The fraction of sp³-hybridized carbons (Fsp3) is 0.222. The summed E-state index contributed by atoms with van der Waals surface area (Å²) in [6.07, 6.45) is 3.51. The summed E-state index contributed by atoms with van der Waals surface area (Å²) < 4.78 is 1.75. The zero-order valence-corrected chi connectivity index (χ0v) is 7.36. The van der Waals surface area contributed by atoms with E-state index in [-0.39, 0.29) is 0 Å². The molecule has 0 radical (unpaired) electrons. The molecule has 0 saturated heterocycles. The molecule has 64 valence electrons. The zero-order valence-electron chi connectivity index (χ0n) is 7.36. The molecule has 3 nitrogen and oxygen atoms in total. The molecular weight excluding hydrogens is 150 g/mol. The lowest BCUT2D eigenvalue weighted by Crippen LogP contribution is -1.85.